The Morgan fingerprint density at radius 1 is 1.55 bits per heavy atom. The summed E-state index contributed by atoms with van der Waals surface area (Å²) >= 11 is 0. The number of hydrogen-bond donors (Lipinski definition) is 1. The van der Waals surface area contributed by atoms with Gasteiger partial charge in [0.25, 0.3) is 0 Å². The summed E-state index contributed by atoms with van der Waals surface area (Å²) in [7, 11) is 0. The van der Waals surface area contributed by atoms with Crippen molar-refractivity contribution in [2.75, 3.05) is 24.5 Å². The summed E-state index contributed by atoms with van der Waals surface area (Å²) in [6, 6.07) is 3.95. The summed E-state index contributed by atoms with van der Waals surface area (Å²) in [5.74, 6) is 2.12. The van der Waals surface area contributed by atoms with Gasteiger partial charge in [0, 0.05) is 19.6 Å². The molecule has 1 unspecified atom stereocenters. The number of nitriles is 1. The van der Waals surface area contributed by atoms with E-state index in [0.29, 0.717) is 24.0 Å². The normalized spacial score (nSPS) is 18.7. The van der Waals surface area contributed by atoms with E-state index in [1.54, 1.807) is 10.7 Å². The molecule has 0 spiro atoms. The van der Waals surface area contributed by atoms with Crippen molar-refractivity contribution in [3.8, 4) is 6.19 Å². The van der Waals surface area contributed by atoms with Crippen LogP contribution in [0.15, 0.2) is 23.3 Å². The molecular weight excluding hydrogens is 278 g/mol. The first-order valence-corrected chi connectivity index (χ1v) is 7.53. The first-order valence-electron chi connectivity index (χ1n) is 7.53. The lowest BCUT2D eigenvalue weighted by molar-refractivity contribution is 0.658. The Hall–Kier alpha value is -2.62. The van der Waals surface area contributed by atoms with E-state index in [2.05, 4.69) is 32.2 Å². The number of rotatable bonds is 3. The minimum Gasteiger partial charge on any atom is -0.368 e. The fourth-order valence-corrected chi connectivity index (χ4v) is 2.74. The molecule has 7 heteroatoms. The molecule has 1 saturated heterocycles. The Labute approximate surface area is 129 Å². The maximum Gasteiger partial charge on any atom is 0.207 e. The topological polar surface area (TPSA) is 81.6 Å². The van der Waals surface area contributed by atoms with Crippen molar-refractivity contribution in [3.05, 3.63) is 24.0 Å². The highest BCUT2D eigenvalue weighted by atomic mass is 15.3. The van der Waals surface area contributed by atoms with Crippen LogP contribution < -0.4 is 10.2 Å². The quantitative estimate of drug-likeness (QED) is 0.526. The van der Waals surface area contributed by atoms with E-state index in [9.17, 15) is 0 Å². The molecule has 3 heterocycles. The van der Waals surface area contributed by atoms with Gasteiger partial charge in [-0.3, -0.25) is 0 Å². The maximum absolute atomic E-state index is 8.85. The van der Waals surface area contributed by atoms with Crippen molar-refractivity contribution in [2.45, 2.75) is 20.3 Å². The van der Waals surface area contributed by atoms with E-state index < -0.39 is 0 Å². The SMILES string of the molecule is CCN/C(=N\C#N)c1cnc2ccc(N3CCC(C)C3)nn12. The fourth-order valence-electron chi connectivity index (χ4n) is 2.74. The molecule has 1 aliphatic rings. The molecule has 1 N–H and O–H groups in total. The summed E-state index contributed by atoms with van der Waals surface area (Å²) in [4.78, 5) is 10.5. The standard InChI is InChI=1S/C15H19N7/c1-3-17-15(19-10-16)12-8-18-13-4-5-14(20-22(12)13)21-7-6-11(2)9-21/h4-5,8,11H,3,6-7,9H2,1-2H3,(H,17,19). The van der Waals surface area contributed by atoms with Gasteiger partial charge in [0.05, 0.1) is 6.20 Å². The van der Waals surface area contributed by atoms with Crippen molar-refractivity contribution in [3.63, 3.8) is 0 Å². The van der Waals surface area contributed by atoms with Gasteiger partial charge in [-0.2, -0.15) is 10.3 Å². The molecule has 114 valence electrons. The summed E-state index contributed by atoms with van der Waals surface area (Å²) in [5.41, 5.74) is 1.45. The Bertz CT molecular complexity index is 740. The highest BCUT2D eigenvalue weighted by Gasteiger charge is 2.21. The minimum atomic E-state index is 0.497. The molecule has 0 bridgehead atoms. The van der Waals surface area contributed by atoms with Crippen LogP contribution in [0.2, 0.25) is 0 Å². The van der Waals surface area contributed by atoms with Gasteiger partial charge in [-0.05, 0) is 31.4 Å². The predicted octanol–water partition coefficient (Wildman–Crippen LogP) is 1.41. The number of aliphatic imine (C=N–C) groups is 1. The van der Waals surface area contributed by atoms with Gasteiger partial charge in [-0.25, -0.2) is 9.50 Å². The molecule has 3 rings (SSSR count). The Balaban J connectivity index is 2.02. The highest BCUT2D eigenvalue weighted by molar-refractivity contribution is 5.98. The van der Waals surface area contributed by atoms with Gasteiger partial charge in [-0.1, -0.05) is 6.92 Å². The number of fused-ring (bicyclic) bond motifs is 1. The number of aromatic nitrogens is 3. The second-order valence-electron chi connectivity index (χ2n) is 5.54. The van der Waals surface area contributed by atoms with E-state index >= 15 is 0 Å². The monoisotopic (exact) mass is 297 g/mol. The molecule has 1 aliphatic heterocycles. The third-order valence-corrected chi connectivity index (χ3v) is 3.84. The third kappa shape index (κ3) is 2.60. The smallest absolute Gasteiger partial charge is 0.207 e. The van der Waals surface area contributed by atoms with E-state index in [-0.39, 0.29) is 0 Å². The summed E-state index contributed by atoms with van der Waals surface area (Å²) < 4.78 is 1.75. The largest absolute Gasteiger partial charge is 0.368 e. The fraction of sp³-hybridized carbons (Fsp3) is 0.467. The minimum absolute atomic E-state index is 0.497. The molecule has 1 atom stereocenters. The number of nitrogens with zero attached hydrogens (tertiary/aromatic N) is 6. The van der Waals surface area contributed by atoms with Crippen LogP contribution in [-0.4, -0.2) is 40.1 Å². The van der Waals surface area contributed by atoms with Crippen molar-refractivity contribution >= 4 is 17.3 Å². The van der Waals surface area contributed by atoms with Crippen molar-refractivity contribution in [1.82, 2.24) is 19.9 Å². The van der Waals surface area contributed by atoms with Crippen LogP contribution in [0, 0.1) is 17.4 Å². The molecule has 1 fully saturated rings. The molecule has 0 aromatic carbocycles. The molecule has 0 saturated carbocycles. The molecule has 2 aromatic heterocycles. The first-order chi connectivity index (χ1) is 10.7. The molecule has 0 aliphatic carbocycles. The van der Waals surface area contributed by atoms with Gasteiger partial charge in [0.1, 0.15) is 11.5 Å². The van der Waals surface area contributed by atoms with Gasteiger partial charge < -0.3 is 10.2 Å². The zero-order valence-corrected chi connectivity index (χ0v) is 12.8. The Morgan fingerprint density at radius 3 is 3.09 bits per heavy atom. The Morgan fingerprint density at radius 2 is 2.41 bits per heavy atom. The first kappa shape index (κ1) is 14.3. The van der Waals surface area contributed by atoms with E-state index in [1.165, 1.54) is 6.42 Å². The van der Waals surface area contributed by atoms with Crippen LogP contribution in [0.25, 0.3) is 5.65 Å². The number of amidine groups is 1. The maximum atomic E-state index is 8.85. The zero-order chi connectivity index (χ0) is 15.5. The molecule has 0 amide bonds. The summed E-state index contributed by atoms with van der Waals surface area (Å²) in [5, 5.41) is 16.6. The Kier molecular flexibility index (Phi) is 3.92. The second-order valence-corrected chi connectivity index (χ2v) is 5.54. The van der Waals surface area contributed by atoms with Crippen LogP contribution >= 0.6 is 0 Å². The second kappa shape index (κ2) is 6.02. The average molecular weight is 297 g/mol. The number of anilines is 1. The van der Waals surface area contributed by atoms with Crippen LogP contribution in [0.3, 0.4) is 0 Å². The van der Waals surface area contributed by atoms with Crippen molar-refractivity contribution in [2.24, 2.45) is 10.9 Å². The van der Waals surface area contributed by atoms with Gasteiger partial charge >= 0.3 is 0 Å². The molecule has 7 nitrogen and oxygen atoms in total. The van der Waals surface area contributed by atoms with Crippen LogP contribution in [0.4, 0.5) is 5.82 Å². The lowest BCUT2D eigenvalue weighted by Crippen LogP contribution is -2.26. The van der Waals surface area contributed by atoms with Crippen LogP contribution in [0.5, 0.6) is 0 Å². The number of imidazole rings is 1. The van der Waals surface area contributed by atoms with Gasteiger partial charge in [-0.15, -0.1) is 5.10 Å². The highest BCUT2D eigenvalue weighted by Crippen LogP contribution is 2.22. The lowest BCUT2D eigenvalue weighted by atomic mass is 10.2. The summed E-state index contributed by atoms with van der Waals surface area (Å²) in [6.45, 7) is 6.94. The zero-order valence-electron chi connectivity index (χ0n) is 12.8. The number of nitrogens with one attached hydrogen (secondary N) is 1. The van der Waals surface area contributed by atoms with Gasteiger partial charge in [0.2, 0.25) is 6.19 Å². The van der Waals surface area contributed by atoms with E-state index in [0.717, 1.165) is 24.6 Å². The average Bonchev–Trinajstić information content (AvgIpc) is 3.12. The summed E-state index contributed by atoms with van der Waals surface area (Å²) in [6.07, 6.45) is 4.71. The molecule has 0 radical (unpaired) electrons. The van der Waals surface area contributed by atoms with E-state index in [1.807, 2.05) is 25.2 Å². The van der Waals surface area contributed by atoms with Crippen LogP contribution in [-0.2, 0) is 0 Å². The predicted molar refractivity (Wildman–Crippen MR) is 84.8 cm³/mol. The molecule has 2 aromatic rings. The lowest BCUT2D eigenvalue weighted by Gasteiger charge is -2.17. The van der Waals surface area contributed by atoms with E-state index in [4.69, 9.17) is 5.26 Å². The molecule has 22 heavy (non-hydrogen) atoms. The van der Waals surface area contributed by atoms with Gasteiger partial charge in [0.15, 0.2) is 11.5 Å². The number of hydrogen-bond acceptors (Lipinski definition) is 5. The third-order valence-electron chi connectivity index (χ3n) is 3.84. The van der Waals surface area contributed by atoms with Crippen LogP contribution in [0.1, 0.15) is 26.0 Å². The van der Waals surface area contributed by atoms with Crippen molar-refractivity contribution < 1.29 is 0 Å². The van der Waals surface area contributed by atoms with Crippen molar-refractivity contribution in [1.29, 1.82) is 5.26 Å². The molecular formula is C15H19N7.